The fourth-order valence-electron chi connectivity index (χ4n) is 4.03. The monoisotopic (exact) mass is 417 g/mol. The molecule has 1 aliphatic rings. The summed E-state index contributed by atoms with van der Waals surface area (Å²) < 4.78 is 43.0. The quantitative estimate of drug-likeness (QED) is 0.640. The van der Waals surface area contributed by atoms with Crippen LogP contribution in [0.5, 0.6) is 0 Å². The molecule has 0 unspecified atom stereocenters. The Morgan fingerprint density at radius 2 is 1.97 bits per heavy atom. The summed E-state index contributed by atoms with van der Waals surface area (Å²) in [6.07, 6.45) is 5.12. The standard InChI is InChI=1S/C21H22F3N5O/c1-28-12-15(11-26-28)18-10-16(14-6-3-2-4-7-14)20(30)29(27-18)13-19-17(21(22,23)24)8-5-9-25-19/h5,8-12,14H,2-4,6-7,13H2,1H3. The van der Waals surface area contributed by atoms with Crippen LogP contribution in [0.25, 0.3) is 11.3 Å². The van der Waals surface area contributed by atoms with Crippen LogP contribution in [-0.2, 0) is 19.8 Å². The first kappa shape index (κ1) is 20.3. The average Bonchev–Trinajstić information content (AvgIpc) is 3.16. The Labute approximate surface area is 171 Å². The molecular weight excluding hydrogens is 395 g/mol. The summed E-state index contributed by atoms with van der Waals surface area (Å²) in [6.45, 7) is -0.345. The van der Waals surface area contributed by atoms with Crippen molar-refractivity contribution >= 4 is 0 Å². The van der Waals surface area contributed by atoms with Gasteiger partial charge in [0, 0.05) is 30.6 Å². The van der Waals surface area contributed by atoms with E-state index in [1.165, 1.54) is 12.3 Å². The Morgan fingerprint density at radius 1 is 1.20 bits per heavy atom. The van der Waals surface area contributed by atoms with Gasteiger partial charge >= 0.3 is 6.18 Å². The lowest BCUT2D eigenvalue weighted by Crippen LogP contribution is -2.30. The van der Waals surface area contributed by atoms with Crippen molar-refractivity contribution in [1.82, 2.24) is 24.5 Å². The molecule has 0 saturated heterocycles. The van der Waals surface area contributed by atoms with Crippen molar-refractivity contribution in [3.05, 3.63) is 64.0 Å². The highest BCUT2D eigenvalue weighted by Crippen LogP contribution is 2.33. The predicted molar refractivity (Wildman–Crippen MR) is 105 cm³/mol. The molecule has 3 aromatic rings. The Bertz CT molecular complexity index is 1100. The molecule has 0 bridgehead atoms. The molecule has 0 aromatic carbocycles. The summed E-state index contributed by atoms with van der Waals surface area (Å²) in [4.78, 5) is 17.1. The van der Waals surface area contributed by atoms with Crippen molar-refractivity contribution in [1.29, 1.82) is 0 Å². The summed E-state index contributed by atoms with van der Waals surface area (Å²) >= 11 is 0. The third kappa shape index (κ3) is 4.15. The summed E-state index contributed by atoms with van der Waals surface area (Å²) in [5.41, 5.74) is 0.400. The maximum Gasteiger partial charge on any atom is 0.418 e. The molecule has 4 rings (SSSR count). The number of nitrogens with zero attached hydrogens (tertiary/aromatic N) is 5. The van der Waals surface area contributed by atoms with E-state index in [0.717, 1.165) is 42.9 Å². The fourth-order valence-corrected chi connectivity index (χ4v) is 4.03. The topological polar surface area (TPSA) is 65.6 Å². The predicted octanol–water partition coefficient (Wildman–Crippen LogP) is 4.15. The number of aromatic nitrogens is 5. The second kappa shape index (κ2) is 8.04. The molecule has 0 radical (unpaired) electrons. The Hall–Kier alpha value is -2.97. The number of pyridine rings is 1. The van der Waals surface area contributed by atoms with Crippen molar-refractivity contribution in [3.8, 4) is 11.3 Å². The van der Waals surface area contributed by atoms with Crippen LogP contribution >= 0.6 is 0 Å². The van der Waals surface area contributed by atoms with Gasteiger partial charge in [-0.2, -0.15) is 23.4 Å². The van der Waals surface area contributed by atoms with Crippen LogP contribution < -0.4 is 5.56 Å². The molecule has 1 fully saturated rings. The van der Waals surface area contributed by atoms with Crippen LogP contribution in [0.3, 0.4) is 0 Å². The normalized spacial score (nSPS) is 15.5. The lowest BCUT2D eigenvalue weighted by molar-refractivity contribution is -0.138. The number of alkyl halides is 3. The number of halogens is 3. The Morgan fingerprint density at radius 3 is 2.63 bits per heavy atom. The van der Waals surface area contributed by atoms with E-state index in [1.54, 1.807) is 30.2 Å². The zero-order valence-electron chi connectivity index (χ0n) is 16.6. The summed E-state index contributed by atoms with van der Waals surface area (Å²) in [5, 5.41) is 8.52. The van der Waals surface area contributed by atoms with Crippen LogP contribution in [0.1, 0.15) is 54.8 Å². The minimum absolute atomic E-state index is 0.0849. The van der Waals surface area contributed by atoms with Gasteiger partial charge in [0.1, 0.15) is 0 Å². The van der Waals surface area contributed by atoms with Crippen LogP contribution in [0.15, 0.2) is 41.6 Å². The van der Waals surface area contributed by atoms with Gasteiger partial charge in [0.25, 0.3) is 5.56 Å². The minimum atomic E-state index is -4.56. The van der Waals surface area contributed by atoms with Crippen molar-refractivity contribution in [2.45, 2.75) is 50.7 Å². The average molecular weight is 417 g/mol. The first-order valence-corrected chi connectivity index (χ1v) is 9.95. The molecule has 6 nitrogen and oxygen atoms in total. The third-order valence-electron chi connectivity index (χ3n) is 5.54. The molecule has 0 spiro atoms. The molecule has 9 heteroatoms. The molecule has 0 atom stereocenters. The van der Waals surface area contributed by atoms with E-state index in [4.69, 9.17) is 0 Å². The minimum Gasteiger partial charge on any atom is -0.275 e. The number of hydrogen-bond donors (Lipinski definition) is 0. The summed E-state index contributed by atoms with van der Waals surface area (Å²) in [6, 6.07) is 3.98. The first-order chi connectivity index (χ1) is 14.3. The van der Waals surface area contributed by atoms with E-state index in [9.17, 15) is 18.0 Å². The highest BCUT2D eigenvalue weighted by atomic mass is 19.4. The first-order valence-electron chi connectivity index (χ1n) is 9.95. The Balaban J connectivity index is 1.82. The molecule has 158 valence electrons. The number of rotatable bonds is 4. The second-order valence-corrected chi connectivity index (χ2v) is 7.68. The zero-order chi connectivity index (χ0) is 21.3. The maximum atomic E-state index is 13.4. The lowest BCUT2D eigenvalue weighted by atomic mass is 9.84. The summed E-state index contributed by atoms with van der Waals surface area (Å²) in [5.74, 6) is 0.0849. The van der Waals surface area contributed by atoms with Gasteiger partial charge in [0.2, 0.25) is 0 Å². The van der Waals surface area contributed by atoms with Gasteiger partial charge in [-0.15, -0.1) is 0 Å². The van der Waals surface area contributed by atoms with Crippen LogP contribution in [0, 0.1) is 0 Å². The third-order valence-corrected chi connectivity index (χ3v) is 5.54. The molecular formula is C21H22F3N5O. The molecule has 30 heavy (non-hydrogen) atoms. The van der Waals surface area contributed by atoms with Crippen molar-refractivity contribution in [3.63, 3.8) is 0 Å². The van der Waals surface area contributed by atoms with Gasteiger partial charge in [-0.25, -0.2) is 4.68 Å². The van der Waals surface area contributed by atoms with E-state index in [0.29, 0.717) is 16.8 Å². The fraction of sp³-hybridized carbons (Fsp3) is 0.429. The van der Waals surface area contributed by atoms with E-state index >= 15 is 0 Å². The molecule has 0 aliphatic heterocycles. The van der Waals surface area contributed by atoms with Crippen molar-refractivity contribution in [2.75, 3.05) is 0 Å². The highest BCUT2D eigenvalue weighted by molar-refractivity contribution is 5.57. The van der Waals surface area contributed by atoms with Gasteiger partial charge in [0.05, 0.1) is 29.7 Å². The zero-order valence-corrected chi connectivity index (χ0v) is 16.6. The lowest BCUT2D eigenvalue weighted by Gasteiger charge is -2.22. The largest absolute Gasteiger partial charge is 0.418 e. The maximum absolute atomic E-state index is 13.4. The Kier molecular flexibility index (Phi) is 5.44. The molecule has 3 aromatic heterocycles. The molecule has 0 amide bonds. The molecule has 3 heterocycles. The molecule has 1 saturated carbocycles. The number of aryl methyl sites for hydroxylation is 1. The van der Waals surface area contributed by atoms with Gasteiger partial charge in [0.15, 0.2) is 0 Å². The second-order valence-electron chi connectivity index (χ2n) is 7.68. The van der Waals surface area contributed by atoms with Crippen molar-refractivity contribution in [2.24, 2.45) is 7.05 Å². The van der Waals surface area contributed by atoms with Crippen LogP contribution in [-0.4, -0.2) is 24.5 Å². The molecule has 1 aliphatic carbocycles. The van der Waals surface area contributed by atoms with Crippen LogP contribution in [0.4, 0.5) is 13.2 Å². The number of hydrogen-bond acceptors (Lipinski definition) is 4. The van der Waals surface area contributed by atoms with Gasteiger partial charge in [-0.05, 0) is 37.0 Å². The van der Waals surface area contributed by atoms with E-state index in [-0.39, 0.29) is 23.7 Å². The van der Waals surface area contributed by atoms with E-state index < -0.39 is 11.7 Å². The van der Waals surface area contributed by atoms with E-state index in [1.807, 2.05) is 0 Å². The van der Waals surface area contributed by atoms with Gasteiger partial charge < -0.3 is 0 Å². The van der Waals surface area contributed by atoms with Gasteiger partial charge in [-0.1, -0.05) is 19.3 Å². The molecule has 0 N–H and O–H groups in total. The SMILES string of the molecule is Cn1cc(-c2cc(C3CCCCC3)c(=O)n(Cc3ncccc3C(F)(F)F)n2)cn1. The highest BCUT2D eigenvalue weighted by Gasteiger charge is 2.34. The smallest absolute Gasteiger partial charge is 0.275 e. The van der Waals surface area contributed by atoms with E-state index in [2.05, 4.69) is 15.2 Å². The summed E-state index contributed by atoms with van der Waals surface area (Å²) in [7, 11) is 1.77. The van der Waals surface area contributed by atoms with Crippen molar-refractivity contribution < 1.29 is 13.2 Å². The van der Waals surface area contributed by atoms with Crippen LogP contribution in [0.2, 0.25) is 0 Å². The van der Waals surface area contributed by atoms with Gasteiger partial charge in [-0.3, -0.25) is 14.5 Å².